The highest BCUT2D eigenvalue weighted by Crippen LogP contribution is 2.62. The molecule has 2 heterocycles. The van der Waals surface area contributed by atoms with Crippen LogP contribution in [0.5, 0.6) is 5.75 Å². The lowest BCUT2D eigenvalue weighted by atomic mass is 9.51. The molecule has 2 bridgehead atoms. The van der Waals surface area contributed by atoms with Gasteiger partial charge in [0.25, 0.3) is 0 Å². The number of likely N-dealkylation sites (N-methyl/N-ethyl adjacent to an activating group) is 1. The monoisotopic (exact) mass is 342 g/mol. The third-order valence-corrected chi connectivity index (χ3v) is 7.30. The topological polar surface area (TPSA) is 61.8 Å². The van der Waals surface area contributed by atoms with Crippen molar-refractivity contribution in [2.45, 2.75) is 56.2 Å². The maximum atomic E-state index is 11.9. The second-order valence-corrected chi connectivity index (χ2v) is 8.34. The van der Waals surface area contributed by atoms with Crippen molar-refractivity contribution >= 4 is 5.91 Å². The van der Waals surface area contributed by atoms with Crippen LogP contribution in [-0.2, 0) is 16.6 Å². The smallest absolute Gasteiger partial charge is 0.246 e. The molecule has 1 amide bonds. The average Bonchev–Trinajstić information content (AvgIpc) is 2.96. The number of carbonyl (C=O) groups excluding carboxylic acids is 1. The van der Waals surface area contributed by atoms with Crippen LogP contribution >= 0.6 is 0 Å². The van der Waals surface area contributed by atoms with Crippen molar-refractivity contribution in [1.29, 1.82) is 0 Å². The summed E-state index contributed by atoms with van der Waals surface area (Å²) in [5.74, 6) is 1.37. The number of nitrogens with zero attached hydrogens (tertiary/aromatic N) is 1. The van der Waals surface area contributed by atoms with Gasteiger partial charge in [-0.3, -0.25) is 4.79 Å². The highest BCUT2D eigenvalue weighted by molar-refractivity contribution is 5.77. The summed E-state index contributed by atoms with van der Waals surface area (Å²) in [7, 11) is 2.25. The molecule has 2 aliphatic heterocycles. The molecular weight excluding hydrogens is 316 g/mol. The van der Waals surface area contributed by atoms with E-state index in [0.717, 1.165) is 38.0 Å². The van der Waals surface area contributed by atoms with Gasteiger partial charge < -0.3 is 20.1 Å². The first-order chi connectivity index (χ1) is 12.1. The van der Waals surface area contributed by atoms with E-state index in [2.05, 4.69) is 36.3 Å². The Labute approximate surface area is 148 Å². The number of likely N-dealkylation sites (tertiary alicyclic amines) is 1. The number of ether oxygens (including phenoxy) is 1. The van der Waals surface area contributed by atoms with E-state index in [1.807, 2.05) is 0 Å². The number of piperidine rings is 1. The summed E-state index contributed by atoms with van der Waals surface area (Å²) in [6.45, 7) is 2.75. The second kappa shape index (κ2) is 5.21. The van der Waals surface area contributed by atoms with Gasteiger partial charge >= 0.3 is 0 Å². The fraction of sp³-hybridized carbons (Fsp3) is 0.650. The summed E-state index contributed by atoms with van der Waals surface area (Å²) < 4.78 is 6.59. The molecule has 0 aromatic heterocycles. The van der Waals surface area contributed by atoms with Gasteiger partial charge in [-0.1, -0.05) is 12.1 Å². The Bertz CT molecular complexity index is 749. The highest BCUT2D eigenvalue weighted by atomic mass is 16.5. The van der Waals surface area contributed by atoms with Crippen molar-refractivity contribution in [3.05, 3.63) is 28.8 Å². The van der Waals surface area contributed by atoms with Gasteiger partial charge in [0.15, 0.2) is 0 Å². The van der Waals surface area contributed by atoms with E-state index in [1.54, 1.807) is 0 Å². The Morgan fingerprint density at radius 1 is 1.44 bits per heavy atom. The minimum absolute atomic E-state index is 0.00639. The number of carbonyl (C=O) groups is 1. The molecule has 5 nitrogen and oxygen atoms in total. The second-order valence-electron chi connectivity index (χ2n) is 8.34. The maximum absolute atomic E-state index is 11.9. The van der Waals surface area contributed by atoms with Crippen LogP contribution in [0.4, 0.5) is 0 Å². The van der Waals surface area contributed by atoms with Crippen molar-refractivity contribution in [2.75, 3.05) is 20.2 Å². The molecule has 5 rings (SSSR count). The van der Waals surface area contributed by atoms with Gasteiger partial charge in [0.2, 0.25) is 5.91 Å². The molecule has 1 aromatic rings. The molecule has 1 saturated heterocycles. The number of aliphatic hydroxyl groups is 1. The van der Waals surface area contributed by atoms with Crippen LogP contribution in [0.15, 0.2) is 12.1 Å². The standard InChI is InChI=1S/C20H26N2O3/c1-11-3-4-12-9-15-13-5-6-14(21-16(24)10-23)19-20(13,7-8-22(15)2)17(12)18(11)25-19/h3-4,13-15,19,23H,5-10H2,1-2H3,(H,21,24)/t13-,14?,15+,19-,20-/m1/s1. The number of aliphatic hydroxyl groups excluding tert-OH is 1. The lowest BCUT2D eigenvalue weighted by Crippen LogP contribution is -2.68. The molecule has 1 saturated carbocycles. The lowest BCUT2D eigenvalue weighted by Gasteiger charge is -2.59. The van der Waals surface area contributed by atoms with E-state index < -0.39 is 6.61 Å². The van der Waals surface area contributed by atoms with Crippen LogP contribution in [0.2, 0.25) is 0 Å². The Hall–Kier alpha value is -1.59. The summed E-state index contributed by atoms with van der Waals surface area (Å²) >= 11 is 0. The number of hydrogen-bond acceptors (Lipinski definition) is 4. The van der Waals surface area contributed by atoms with Crippen molar-refractivity contribution in [2.24, 2.45) is 5.92 Å². The van der Waals surface area contributed by atoms with E-state index >= 15 is 0 Å². The zero-order valence-electron chi connectivity index (χ0n) is 14.9. The number of rotatable bonds is 2. The van der Waals surface area contributed by atoms with E-state index in [0.29, 0.717) is 12.0 Å². The first kappa shape index (κ1) is 15.6. The number of amides is 1. The molecular formula is C20H26N2O3. The largest absolute Gasteiger partial charge is 0.487 e. The van der Waals surface area contributed by atoms with Crippen LogP contribution < -0.4 is 10.1 Å². The molecule has 5 heteroatoms. The molecule has 1 aromatic carbocycles. The SMILES string of the molecule is Cc1ccc2c3c1O[C@@H]1C(NC(=O)CO)CC[C@@H]4[C@H](C2)N(C)CC[C@@]314. The Morgan fingerprint density at radius 2 is 2.28 bits per heavy atom. The van der Waals surface area contributed by atoms with Crippen molar-refractivity contribution in [3.8, 4) is 5.75 Å². The molecule has 1 unspecified atom stereocenters. The van der Waals surface area contributed by atoms with Crippen molar-refractivity contribution in [1.82, 2.24) is 10.2 Å². The van der Waals surface area contributed by atoms with Gasteiger partial charge in [-0.2, -0.15) is 0 Å². The molecule has 4 aliphatic rings. The van der Waals surface area contributed by atoms with Gasteiger partial charge in [0.05, 0.1) is 6.04 Å². The molecule has 25 heavy (non-hydrogen) atoms. The molecule has 2 N–H and O–H groups in total. The molecule has 134 valence electrons. The van der Waals surface area contributed by atoms with Crippen LogP contribution in [0.3, 0.4) is 0 Å². The van der Waals surface area contributed by atoms with Crippen LogP contribution in [0.25, 0.3) is 0 Å². The zero-order valence-corrected chi connectivity index (χ0v) is 14.9. The van der Waals surface area contributed by atoms with E-state index in [4.69, 9.17) is 4.74 Å². The third-order valence-electron chi connectivity index (χ3n) is 7.30. The Kier molecular flexibility index (Phi) is 3.26. The summed E-state index contributed by atoms with van der Waals surface area (Å²) in [6.07, 6.45) is 4.22. The zero-order chi connectivity index (χ0) is 17.3. The van der Waals surface area contributed by atoms with Gasteiger partial charge in [0, 0.05) is 17.0 Å². The summed E-state index contributed by atoms with van der Waals surface area (Å²) in [4.78, 5) is 14.4. The normalized spacial score (nSPS) is 38.0. The minimum Gasteiger partial charge on any atom is -0.487 e. The van der Waals surface area contributed by atoms with Crippen molar-refractivity contribution < 1.29 is 14.6 Å². The van der Waals surface area contributed by atoms with E-state index in [1.165, 1.54) is 16.7 Å². The molecule has 0 radical (unpaired) electrons. The average molecular weight is 342 g/mol. The molecule has 5 atom stereocenters. The first-order valence-corrected chi connectivity index (χ1v) is 9.46. The van der Waals surface area contributed by atoms with Gasteiger partial charge in [-0.15, -0.1) is 0 Å². The number of hydrogen-bond donors (Lipinski definition) is 2. The van der Waals surface area contributed by atoms with E-state index in [-0.39, 0.29) is 23.5 Å². The third kappa shape index (κ3) is 1.88. The van der Waals surface area contributed by atoms with Gasteiger partial charge in [0.1, 0.15) is 18.5 Å². The summed E-state index contributed by atoms with van der Waals surface area (Å²) in [5.41, 5.74) is 4.10. The Balaban J connectivity index is 1.66. The lowest BCUT2D eigenvalue weighted by molar-refractivity contribution is -0.127. The van der Waals surface area contributed by atoms with Crippen molar-refractivity contribution in [3.63, 3.8) is 0 Å². The number of aryl methyl sites for hydroxylation is 1. The Morgan fingerprint density at radius 3 is 3.08 bits per heavy atom. The molecule has 1 spiro atoms. The number of benzene rings is 1. The quantitative estimate of drug-likeness (QED) is 0.846. The predicted molar refractivity (Wildman–Crippen MR) is 93.8 cm³/mol. The van der Waals surface area contributed by atoms with Gasteiger partial charge in [-0.05, 0) is 63.2 Å². The number of nitrogens with one attached hydrogen (secondary N) is 1. The predicted octanol–water partition coefficient (Wildman–Crippen LogP) is 1.14. The summed E-state index contributed by atoms with van der Waals surface area (Å²) in [5, 5.41) is 12.2. The highest BCUT2D eigenvalue weighted by Gasteiger charge is 2.65. The fourth-order valence-electron chi connectivity index (χ4n) is 6.29. The minimum atomic E-state index is -0.456. The maximum Gasteiger partial charge on any atom is 0.246 e. The van der Waals surface area contributed by atoms with Crippen LogP contribution in [-0.4, -0.2) is 54.3 Å². The van der Waals surface area contributed by atoms with Crippen LogP contribution in [0.1, 0.15) is 36.0 Å². The van der Waals surface area contributed by atoms with E-state index in [9.17, 15) is 9.90 Å². The fourth-order valence-corrected chi connectivity index (χ4v) is 6.29. The molecule has 2 aliphatic carbocycles. The first-order valence-electron chi connectivity index (χ1n) is 9.46. The molecule has 2 fully saturated rings. The van der Waals surface area contributed by atoms with Crippen LogP contribution in [0, 0.1) is 12.8 Å². The van der Waals surface area contributed by atoms with Gasteiger partial charge in [-0.25, -0.2) is 0 Å². The summed E-state index contributed by atoms with van der Waals surface area (Å²) in [6, 6.07) is 5.02.